The van der Waals surface area contributed by atoms with Crippen LogP contribution in [0.2, 0.25) is 5.02 Å². The van der Waals surface area contributed by atoms with Crippen LogP contribution in [0.5, 0.6) is 0 Å². The molecule has 0 unspecified atom stereocenters. The summed E-state index contributed by atoms with van der Waals surface area (Å²) in [6, 6.07) is 44.3. The molecule has 0 aliphatic heterocycles. The first-order valence-corrected chi connectivity index (χ1v) is 15.0. The fourth-order valence-electron chi connectivity index (χ4n) is 5.99. The zero-order valence-corrected chi connectivity index (χ0v) is 24.5. The van der Waals surface area contributed by atoms with Gasteiger partial charge in [0, 0.05) is 49.9 Å². The fourth-order valence-corrected chi connectivity index (χ4v) is 6.25. The van der Waals surface area contributed by atoms with E-state index in [0.29, 0.717) is 22.5 Å². The maximum Gasteiger partial charge on any atom is 0.164 e. The van der Waals surface area contributed by atoms with Gasteiger partial charge >= 0.3 is 0 Å². The highest BCUT2D eigenvalue weighted by Crippen LogP contribution is 2.40. The summed E-state index contributed by atoms with van der Waals surface area (Å²) in [4.78, 5) is 14.6. The Bertz CT molecular complexity index is 2500. The van der Waals surface area contributed by atoms with Gasteiger partial charge in [-0.15, -0.1) is 0 Å². The minimum absolute atomic E-state index is 0.582. The van der Waals surface area contributed by atoms with Crippen LogP contribution in [0, 0.1) is 0 Å². The monoisotopic (exact) mass is 599 g/mol. The van der Waals surface area contributed by atoms with Crippen molar-refractivity contribution in [3.05, 3.63) is 138 Å². The molecule has 6 heteroatoms. The number of hydrogen-bond acceptors (Lipinski definition) is 5. The van der Waals surface area contributed by atoms with Crippen LogP contribution in [0.3, 0.4) is 0 Å². The van der Waals surface area contributed by atoms with Gasteiger partial charge in [0.2, 0.25) is 0 Å². The van der Waals surface area contributed by atoms with Gasteiger partial charge in [-0.1, -0.05) is 103 Å². The maximum atomic E-state index is 6.81. The smallest absolute Gasteiger partial charge is 0.164 e. The highest BCUT2D eigenvalue weighted by Gasteiger charge is 2.17. The van der Waals surface area contributed by atoms with Gasteiger partial charge in [-0.3, -0.25) is 0 Å². The van der Waals surface area contributed by atoms with Crippen molar-refractivity contribution in [2.24, 2.45) is 0 Å². The van der Waals surface area contributed by atoms with Gasteiger partial charge in [0.1, 0.15) is 22.3 Å². The molecule has 3 heterocycles. The van der Waals surface area contributed by atoms with E-state index in [1.54, 1.807) is 0 Å². The highest BCUT2D eigenvalue weighted by atomic mass is 35.5. The molecular weight excluding hydrogens is 578 g/mol. The predicted molar refractivity (Wildman–Crippen MR) is 181 cm³/mol. The molecule has 0 saturated carbocycles. The van der Waals surface area contributed by atoms with Crippen LogP contribution in [0.15, 0.2) is 142 Å². The molecule has 9 aromatic rings. The molecule has 0 aliphatic carbocycles. The Morgan fingerprint density at radius 2 is 0.911 bits per heavy atom. The number of benzene rings is 6. The number of nitrogens with zero attached hydrogens (tertiary/aromatic N) is 3. The standard InChI is InChI=1S/C39H22ClN3O2/c40-32-22-36-31(27-13-7-8-14-33(27)44-36)21-29(32)25-16-18-34-30(19-25)28-17-15-26(20-35(28)45-34)39-42-37(23-9-3-1-4-10-23)41-38(43-39)24-11-5-2-6-12-24/h1-22H. The Morgan fingerprint density at radius 3 is 1.62 bits per heavy atom. The molecule has 0 saturated heterocycles. The lowest BCUT2D eigenvalue weighted by Gasteiger charge is -2.08. The molecule has 0 fully saturated rings. The second-order valence-corrected chi connectivity index (χ2v) is 11.4. The molecule has 9 rings (SSSR count). The van der Waals surface area contributed by atoms with Crippen LogP contribution in [0.25, 0.3) is 89.2 Å². The molecule has 6 aromatic carbocycles. The van der Waals surface area contributed by atoms with Crippen LogP contribution in [-0.2, 0) is 0 Å². The van der Waals surface area contributed by atoms with Crippen molar-refractivity contribution >= 4 is 55.5 Å². The Kier molecular flexibility index (Phi) is 5.80. The SMILES string of the molecule is Clc1cc2oc3ccccc3c2cc1-c1ccc2oc3cc(-c4nc(-c5ccccc5)nc(-c5ccccc5)n4)ccc3c2c1. The molecule has 0 N–H and O–H groups in total. The van der Waals surface area contributed by atoms with Gasteiger partial charge in [-0.25, -0.2) is 15.0 Å². The van der Waals surface area contributed by atoms with Gasteiger partial charge in [0.25, 0.3) is 0 Å². The third-order valence-electron chi connectivity index (χ3n) is 8.21. The molecule has 45 heavy (non-hydrogen) atoms. The normalized spacial score (nSPS) is 11.7. The summed E-state index contributed by atoms with van der Waals surface area (Å²) in [6.45, 7) is 0. The zero-order chi connectivity index (χ0) is 29.9. The van der Waals surface area contributed by atoms with Crippen molar-refractivity contribution in [1.29, 1.82) is 0 Å². The van der Waals surface area contributed by atoms with Crippen molar-refractivity contribution in [3.63, 3.8) is 0 Å². The summed E-state index contributed by atoms with van der Waals surface area (Å²) in [7, 11) is 0. The van der Waals surface area contributed by atoms with E-state index in [4.69, 9.17) is 35.4 Å². The topological polar surface area (TPSA) is 65.0 Å². The van der Waals surface area contributed by atoms with E-state index >= 15 is 0 Å². The third kappa shape index (κ3) is 4.36. The minimum atomic E-state index is 0.582. The van der Waals surface area contributed by atoms with Crippen molar-refractivity contribution in [1.82, 2.24) is 15.0 Å². The van der Waals surface area contributed by atoms with Crippen molar-refractivity contribution in [2.45, 2.75) is 0 Å². The largest absolute Gasteiger partial charge is 0.456 e. The van der Waals surface area contributed by atoms with Crippen LogP contribution < -0.4 is 0 Å². The number of furan rings is 2. The Labute approximate surface area is 262 Å². The average Bonchev–Trinajstić information content (AvgIpc) is 3.65. The second kappa shape index (κ2) is 10.2. The molecule has 0 spiro atoms. The number of rotatable bonds is 4. The molecule has 212 valence electrons. The highest BCUT2D eigenvalue weighted by molar-refractivity contribution is 6.34. The summed E-state index contributed by atoms with van der Waals surface area (Å²) in [5.41, 5.74) is 7.81. The molecule has 0 amide bonds. The van der Waals surface area contributed by atoms with Crippen molar-refractivity contribution in [3.8, 4) is 45.3 Å². The lowest BCUT2D eigenvalue weighted by Crippen LogP contribution is -2.00. The van der Waals surface area contributed by atoms with Gasteiger partial charge < -0.3 is 8.83 Å². The van der Waals surface area contributed by atoms with Crippen LogP contribution in [0.4, 0.5) is 0 Å². The van der Waals surface area contributed by atoms with Crippen LogP contribution in [0.1, 0.15) is 0 Å². The summed E-state index contributed by atoms with van der Waals surface area (Å²) in [5, 5.41) is 4.75. The minimum Gasteiger partial charge on any atom is -0.456 e. The van der Waals surface area contributed by atoms with E-state index in [2.05, 4.69) is 24.3 Å². The van der Waals surface area contributed by atoms with Crippen LogP contribution >= 0.6 is 11.6 Å². The van der Waals surface area contributed by atoms with Gasteiger partial charge in [-0.05, 0) is 42.0 Å². The van der Waals surface area contributed by atoms with Crippen LogP contribution in [-0.4, -0.2) is 15.0 Å². The maximum absolute atomic E-state index is 6.81. The number of hydrogen-bond donors (Lipinski definition) is 0. The second-order valence-electron chi connectivity index (χ2n) is 11.0. The lowest BCUT2D eigenvalue weighted by atomic mass is 10.00. The summed E-state index contributed by atoms with van der Waals surface area (Å²) >= 11 is 6.81. The predicted octanol–water partition coefficient (Wildman–Crippen LogP) is 11.0. The first-order chi connectivity index (χ1) is 22.2. The Balaban J connectivity index is 1.17. The molecule has 5 nitrogen and oxygen atoms in total. The van der Waals surface area contributed by atoms with E-state index in [1.807, 2.05) is 109 Å². The molecule has 0 atom stereocenters. The van der Waals surface area contributed by atoms with E-state index in [0.717, 1.165) is 71.7 Å². The van der Waals surface area contributed by atoms with Gasteiger partial charge in [-0.2, -0.15) is 0 Å². The first-order valence-electron chi connectivity index (χ1n) is 14.6. The van der Waals surface area contributed by atoms with Crippen molar-refractivity contribution in [2.75, 3.05) is 0 Å². The van der Waals surface area contributed by atoms with E-state index in [9.17, 15) is 0 Å². The number of halogens is 1. The molecule has 0 aliphatic rings. The van der Waals surface area contributed by atoms with E-state index in [-0.39, 0.29) is 0 Å². The third-order valence-corrected chi connectivity index (χ3v) is 8.52. The molecular formula is C39H22ClN3O2. The molecule has 0 bridgehead atoms. The zero-order valence-electron chi connectivity index (χ0n) is 23.7. The number of fused-ring (bicyclic) bond motifs is 6. The fraction of sp³-hybridized carbons (Fsp3) is 0. The average molecular weight is 600 g/mol. The summed E-state index contributed by atoms with van der Waals surface area (Å²) < 4.78 is 12.4. The quantitative estimate of drug-likeness (QED) is 0.201. The number of para-hydroxylation sites is 1. The molecule has 0 radical (unpaired) electrons. The summed E-state index contributed by atoms with van der Waals surface area (Å²) in [6.07, 6.45) is 0. The Hall–Kier alpha value is -5.78. The van der Waals surface area contributed by atoms with E-state index in [1.165, 1.54) is 0 Å². The van der Waals surface area contributed by atoms with Gasteiger partial charge in [0.05, 0.1) is 5.02 Å². The summed E-state index contributed by atoms with van der Waals surface area (Å²) in [5.74, 6) is 1.82. The Morgan fingerprint density at radius 1 is 0.378 bits per heavy atom. The van der Waals surface area contributed by atoms with Crippen molar-refractivity contribution < 1.29 is 8.83 Å². The lowest BCUT2D eigenvalue weighted by molar-refractivity contribution is 0.668. The number of aromatic nitrogens is 3. The van der Waals surface area contributed by atoms with E-state index < -0.39 is 0 Å². The first kappa shape index (κ1) is 25.7. The van der Waals surface area contributed by atoms with Gasteiger partial charge in [0.15, 0.2) is 17.5 Å². The molecule has 3 aromatic heterocycles.